The molecule has 1 amide bonds. The van der Waals surface area contributed by atoms with E-state index in [2.05, 4.69) is 15.3 Å². The van der Waals surface area contributed by atoms with E-state index in [4.69, 9.17) is 9.15 Å². The Morgan fingerprint density at radius 3 is 2.65 bits per heavy atom. The lowest BCUT2D eigenvalue weighted by atomic mass is 10.1. The standard InChI is InChI=1S/C24H21N5O5/c30-23(18-7-8-19(20(14-18)29(31)32)28-10-12-33-13-11-28)26-15-16-3-5-17(6-4-16)24-27-22-21(34-24)2-1-9-25-22/h1-9,14H,10-13,15H2,(H,26,30). The lowest BCUT2D eigenvalue weighted by molar-refractivity contribution is -0.384. The Labute approximate surface area is 194 Å². The van der Waals surface area contributed by atoms with Gasteiger partial charge in [0.25, 0.3) is 11.6 Å². The molecule has 2 aromatic carbocycles. The third-order valence-electron chi connectivity index (χ3n) is 5.60. The van der Waals surface area contributed by atoms with Crippen molar-refractivity contribution in [2.45, 2.75) is 6.54 Å². The number of carbonyl (C=O) groups excluding carboxylic acids is 1. The number of ether oxygens (including phenoxy) is 1. The van der Waals surface area contributed by atoms with Gasteiger partial charge in [-0.3, -0.25) is 14.9 Å². The molecule has 0 spiro atoms. The van der Waals surface area contributed by atoms with Crippen molar-refractivity contribution in [3.05, 3.63) is 82.0 Å². The van der Waals surface area contributed by atoms with E-state index >= 15 is 0 Å². The van der Waals surface area contributed by atoms with Gasteiger partial charge in [-0.15, -0.1) is 0 Å². The van der Waals surface area contributed by atoms with Crippen LogP contribution in [-0.2, 0) is 11.3 Å². The van der Waals surface area contributed by atoms with Crippen LogP contribution in [0.5, 0.6) is 0 Å². The van der Waals surface area contributed by atoms with Crippen LogP contribution >= 0.6 is 0 Å². The maximum atomic E-state index is 12.7. The van der Waals surface area contributed by atoms with Gasteiger partial charge < -0.3 is 19.4 Å². The Kier molecular flexibility index (Phi) is 5.88. The van der Waals surface area contributed by atoms with Crippen molar-refractivity contribution < 1.29 is 18.9 Å². The summed E-state index contributed by atoms with van der Waals surface area (Å²) in [6.45, 7) is 2.45. The number of nitro groups is 1. The van der Waals surface area contributed by atoms with E-state index < -0.39 is 4.92 Å². The van der Waals surface area contributed by atoms with Crippen molar-refractivity contribution in [3.8, 4) is 11.5 Å². The number of fused-ring (bicyclic) bond motifs is 1. The van der Waals surface area contributed by atoms with Gasteiger partial charge in [-0.25, -0.2) is 4.98 Å². The minimum atomic E-state index is -0.456. The lowest BCUT2D eigenvalue weighted by Crippen LogP contribution is -2.36. The molecule has 1 saturated heterocycles. The summed E-state index contributed by atoms with van der Waals surface area (Å²) in [6.07, 6.45) is 1.66. The fourth-order valence-electron chi connectivity index (χ4n) is 3.82. The van der Waals surface area contributed by atoms with Gasteiger partial charge in [0.15, 0.2) is 11.2 Å². The Balaban J connectivity index is 1.26. The van der Waals surface area contributed by atoms with Crippen molar-refractivity contribution in [3.63, 3.8) is 0 Å². The van der Waals surface area contributed by atoms with Crippen molar-refractivity contribution >= 4 is 28.5 Å². The number of aromatic nitrogens is 2. The maximum absolute atomic E-state index is 12.7. The van der Waals surface area contributed by atoms with E-state index in [1.165, 1.54) is 6.07 Å². The molecule has 1 fully saturated rings. The summed E-state index contributed by atoms with van der Waals surface area (Å²) >= 11 is 0. The van der Waals surface area contributed by atoms with Crippen LogP contribution in [0.3, 0.4) is 0 Å². The fourth-order valence-corrected chi connectivity index (χ4v) is 3.82. The molecular formula is C24H21N5O5. The van der Waals surface area contributed by atoms with E-state index in [1.807, 2.05) is 29.2 Å². The molecule has 10 heteroatoms. The summed E-state index contributed by atoms with van der Waals surface area (Å²) < 4.78 is 11.0. The van der Waals surface area contributed by atoms with E-state index in [9.17, 15) is 14.9 Å². The average Bonchev–Trinajstić information content (AvgIpc) is 3.32. The van der Waals surface area contributed by atoms with Crippen molar-refractivity contribution in [2.75, 3.05) is 31.2 Å². The average molecular weight is 459 g/mol. The van der Waals surface area contributed by atoms with Crippen molar-refractivity contribution in [1.82, 2.24) is 15.3 Å². The van der Waals surface area contributed by atoms with Crippen LogP contribution < -0.4 is 10.2 Å². The van der Waals surface area contributed by atoms with Crippen LogP contribution in [-0.4, -0.2) is 47.1 Å². The normalized spacial score (nSPS) is 13.7. The van der Waals surface area contributed by atoms with Crippen LogP contribution in [0.15, 0.2) is 65.2 Å². The number of nitrogens with zero attached hydrogens (tertiary/aromatic N) is 4. The van der Waals surface area contributed by atoms with Crippen molar-refractivity contribution in [1.29, 1.82) is 0 Å². The van der Waals surface area contributed by atoms with E-state index in [0.717, 1.165) is 11.1 Å². The molecule has 5 rings (SSSR count). The van der Waals surface area contributed by atoms with Crippen LogP contribution in [0.2, 0.25) is 0 Å². The highest BCUT2D eigenvalue weighted by Crippen LogP contribution is 2.30. The lowest BCUT2D eigenvalue weighted by Gasteiger charge is -2.28. The highest BCUT2D eigenvalue weighted by atomic mass is 16.6. The quantitative estimate of drug-likeness (QED) is 0.343. The summed E-state index contributed by atoms with van der Waals surface area (Å²) in [4.78, 5) is 34.3. The van der Waals surface area contributed by atoms with Crippen LogP contribution in [0.4, 0.5) is 11.4 Å². The molecule has 172 valence electrons. The number of oxazole rings is 1. The number of benzene rings is 2. The summed E-state index contributed by atoms with van der Waals surface area (Å²) in [6, 6.07) is 15.6. The summed E-state index contributed by atoms with van der Waals surface area (Å²) in [7, 11) is 0. The molecule has 1 aliphatic heterocycles. The molecule has 10 nitrogen and oxygen atoms in total. The van der Waals surface area contributed by atoms with Crippen molar-refractivity contribution in [2.24, 2.45) is 0 Å². The third-order valence-corrected chi connectivity index (χ3v) is 5.60. The molecule has 4 aromatic rings. The zero-order chi connectivity index (χ0) is 23.5. The second-order valence-electron chi connectivity index (χ2n) is 7.78. The smallest absolute Gasteiger partial charge is 0.293 e. The number of hydrogen-bond acceptors (Lipinski definition) is 8. The SMILES string of the molecule is O=C(NCc1ccc(-c2nc3ncccc3o2)cc1)c1ccc(N2CCOCC2)c([N+](=O)[O-])c1. The number of rotatable bonds is 6. The molecule has 0 bridgehead atoms. The first-order chi connectivity index (χ1) is 16.6. The summed E-state index contributed by atoms with van der Waals surface area (Å²) in [5, 5.41) is 14.4. The van der Waals surface area contributed by atoms with E-state index in [1.54, 1.807) is 30.5 Å². The third kappa shape index (κ3) is 4.44. The molecular weight excluding hydrogens is 438 g/mol. The van der Waals surface area contributed by atoms with Crippen LogP contribution in [0.25, 0.3) is 22.7 Å². The van der Waals surface area contributed by atoms with Gasteiger partial charge in [0.2, 0.25) is 5.89 Å². The second kappa shape index (κ2) is 9.28. The van der Waals surface area contributed by atoms with Gasteiger partial charge in [-0.05, 0) is 42.0 Å². The molecule has 0 atom stereocenters. The first kappa shape index (κ1) is 21.5. The predicted molar refractivity (Wildman–Crippen MR) is 125 cm³/mol. The number of amides is 1. The van der Waals surface area contributed by atoms with Gasteiger partial charge >= 0.3 is 0 Å². The second-order valence-corrected chi connectivity index (χ2v) is 7.78. The first-order valence-electron chi connectivity index (χ1n) is 10.8. The van der Waals surface area contributed by atoms with Crippen LogP contribution in [0.1, 0.15) is 15.9 Å². The van der Waals surface area contributed by atoms with E-state index in [0.29, 0.717) is 49.1 Å². The van der Waals surface area contributed by atoms with Crippen LogP contribution in [0, 0.1) is 10.1 Å². The summed E-state index contributed by atoms with van der Waals surface area (Å²) in [5.41, 5.74) is 3.46. The molecule has 2 aromatic heterocycles. The highest BCUT2D eigenvalue weighted by Gasteiger charge is 2.23. The number of nitro benzene ring substituents is 1. The fraction of sp³-hybridized carbons (Fsp3) is 0.208. The largest absolute Gasteiger partial charge is 0.434 e. The van der Waals surface area contributed by atoms with Gasteiger partial charge in [0, 0.05) is 43.0 Å². The Morgan fingerprint density at radius 1 is 1.12 bits per heavy atom. The van der Waals surface area contributed by atoms with Gasteiger partial charge in [-0.1, -0.05) is 12.1 Å². The molecule has 3 heterocycles. The van der Waals surface area contributed by atoms with Gasteiger partial charge in [0.1, 0.15) is 5.69 Å². The molecule has 34 heavy (non-hydrogen) atoms. The Hall–Kier alpha value is -4.31. The number of nitrogens with one attached hydrogen (secondary N) is 1. The molecule has 0 unspecified atom stereocenters. The van der Waals surface area contributed by atoms with Gasteiger partial charge in [0.05, 0.1) is 18.1 Å². The van der Waals surface area contributed by atoms with E-state index in [-0.39, 0.29) is 23.7 Å². The zero-order valence-electron chi connectivity index (χ0n) is 18.1. The molecule has 0 aliphatic carbocycles. The number of carbonyl (C=O) groups is 1. The number of pyridine rings is 1. The maximum Gasteiger partial charge on any atom is 0.293 e. The van der Waals surface area contributed by atoms with Gasteiger partial charge in [-0.2, -0.15) is 4.98 Å². The zero-order valence-corrected chi connectivity index (χ0v) is 18.1. The minimum Gasteiger partial charge on any atom is -0.434 e. The minimum absolute atomic E-state index is 0.0910. The number of morpholine rings is 1. The predicted octanol–water partition coefficient (Wildman–Crippen LogP) is 3.56. The Bertz CT molecular complexity index is 1310. The molecule has 0 radical (unpaired) electrons. The molecule has 1 aliphatic rings. The molecule has 0 saturated carbocycles. The summed E-state index contributed by atoms with van der Waals surface area (Å²) in [5.74, 6) is 0.0858. The Morgan fingerprint density at radius 2 is 1.91 bits per heavy atom. The highest BCUT2D eigenvalue weighted by molar-refractivity contribution is 5.95. The first-order valence-corrected chi connectivity index (χ1v) is 10.8. The monoisotopic (exact) mass is 459 g/mol. The number of anilines is 1. The molecule has 1 N–H and O–H groups in total. The number of hydrogen-bond donors (Lipinski definition) is 1. The topological polar surface area (TPSA) is 124 Å².